The molecule has 4 amide bonds. The van der Waals surface area contributed by atoms with Gasteiger partial charge in [0.15, 0.2) is 0 Å². The fourth-order valence-corrected chi connectivity index (χ4v) is 5.46. The molecule has 43 heavy (non-hydrogen) atoms. The van der Waals surface area contributed by atoms with Crippen molar-refractivity contribution in [2.75, 3.05) is 19.8 Å². The van der Waals surface area contributed by atoms with Crippen LogP contribution >= 0.6 is 11.6 Å². The number of benzene rings is 2. The van der Waals surface area contributed by atoms with E-state index in [2.05, 4.69) is 21.3 Å². The average molecular weight is 613 g/mol. The Bertz CT molecular complexity index is 1280. The molecule has 2 atom stereocenters. The van der Waals surface area contributed by atoms with Crippen LogP contribution in [-0.2, 0) is 14.4 Å². The number of carbonyl (C=O) groups excluding carboxylic acids is 4. The summed E-state index contributed by atoms with van der Waals surface area (Å²) >= 11 is 5.91. The Labute approximate surface area is 257 Å². The molecule has 1 fully saturated rings. The summed E-state index contributed by atoms with van der Waals surface area (Å²) in [6.45, 7) is 4.47. The maximum Gasteiger partial charge on any atom is 0.255 e. The number of ether oxygens (including phenoxy) is 2. The van der Waals surface area contributed by atoms with Crippen molar-refractivity contribution < 1.29 is 28.7 Å². The minimum absolute atomic E-state index is 0.0358. The number of nitrogens with one attached hydrogen (secondary N) is 4. The highest BCUT2D eigenvalue weighted by atomic mass is 35.5. The number of halogens is 1. The van der Waals surface area contributed by atoms with Crippen LogP contribution in [0.5, 0.6) is 11.5 Å². The fraction of sp³-hybridized carbons (Fsp3) is 0.500. The largest absolute Gasteiger partial charge is 0.492 e. The molecule has 1 aliphatic heterocycles. The Hall–Kier alpha value is -3.79. The molecule has 2 aromatic rings. The first kappa shape index (κ1) is 32.1. The van der Waals surface area contributed by atoms with Crippen LogP contribution in [0.4, 0.5) is 0 Å². The number of amides is 4. The van der Waals surface area contributed by atoms with Gasteiger partial charge in [-0.25, -0.2) is 0 Å². The van der Waals surface area contributed by atoms with Crippen LogP contribution in [0, 0.1) is 5.92 Å². The van der Waals surface area contributed by atoms with Crippen LogP contribution in [0.3, 0.4) is 0 Å². The van der Waals surface area contributed by atoms with Gasteiger partial charge in [-0.2, -0.15) is 0 Å². The molecule has 4 N–H and O–H groups in total. The molecule has 10 nitrogen and oxygen atoms in total. The minimum atomic E-state index is -1.03. The lowest BCUT2D eigenvalue weighted by Gasteiger charge is -2.38. The number of rotatable bonds is 6. The summed E-state index contributed by atoms with van der Waals surface area (Å²) in [6.07, 6.45) is 3.69. The monoisotopic (exact) mass is 612 g/mol. The second kappa shape index (κ2) is 15.1. The summed E-state index contributed by atoms with van der Waals surface area (Å²) in [5.41, 5.74) is -0.774. The van der Waals surface area contributed by atoms with Crippen molar-refractivity contribution in [1.29, 1.82) is 0 Å². The van der Waals surface area contributed by atoms with Gasteiger partial charge in [0.25, 0.3) is 5.91 Å². The zero-order valence-electron chi connectivity index (χ0n) is 24.7. The summed E-state index contributed by atoms with van der Waals surface area (Å²) in [6, 6.07) is 12.3. The third-order valence-electron chi connectivity index (χ3n) is 7.96. The molecule has 1 spiro atoms. The molecular formula is C32H41ClN4O6. The third-order valence-corrected chi connectivity index (χ3v) is 8.21. The van der Waals surface area contributed by atoms with E-state index in [0.717, 1.165) is 19.3 Å². The van der Waals surface area contributed by atoms with Crippen LogP contribution in [0.2, 0.25) is 5.02 Å². The SMILES string of the molecule is CC(C)[C@H]1COc2ccccc2C(=O)N[C@H](C(=O)NCCOc2ccc(Cl)cc2)CCC(=O)NC2(CCCCC2)C(=O)N1. The van der Waals surface area contributed by atoms with Crippen molar-refractivity contribution in [1.82, 2.24) is 21.3 Å². The van der Waals surface area contributed by atoms with Gasteiger partial charge in [0, 0.05) is 11.4 Å². The van der Waals surface area contributed by atoms with Crippen LogP contribution in [0.15, 0.2) is 48.5 Å². The van der Waals surface area contributed by atoms with E-state index in [1.165, 1.54) is 0 Å². The summed E-state index contributed by atoms with van der Waals surface area (Å²) < 4.78 is 11.7. The number of hydrogen-bond donors (Lipinski definition) is 4. The van der Waals surface area contributed by atoms with Gasteiger partial charge in [-0.15, -0.1) is 0 Å². The van der Waals surface area contributed by atoms with Crippen molar-refractivity contribution >= 4 is 35.2 Å². The van der Waals surface area contributed by atoms with Crippen LogP contribution < -0.4 is 30.7 Å². The quantitative estimate of drug-likeness (QED) is 0.367. The summed E-state index contributed by atoms with van der Waals surface area (Å²) in [5.74, 6) is -0.543. The van der Waals surface area contributed by atoms with Crippen LogP contribution in [0.1, 0.15) is 69.2 Å². The van der Waals surface area contributed by atoms with E-state index >= 15 is 0 Å². The first-order chi connectivity index (χ1) is 20.7. The third kappa shape index (κ3) is 8.86. The molecule has 1 aliphatic carbocycles. The summed E-state index contributed by atoms with van der Waals surface area (Å²) in [7, 11) is 0. The van der Waals surface area contributed by atoms with Gasteiger partial charge in [-0.05, 0) is 61.6 Å². The maximum atomic E-state index is 13.7. The van der Waals surface area contributed by atoms with E-state index in [0.29, 0.717) is 29.4 Å². The van der Waals surface area contributed by atoms with Crippen molar-refractivity contribution in [3.63, 3.8) is 0 Å². The molecule has 1 heterocycles. The van der Waals surface area contributed by atoms with E-state index in [-0.39, 0.29) is 61.9 Å². The van der Waals surface area contributed by atoms with Crippen LogP contribution in [0.25, 0.3) is 0 Å². The molecule has 0 aromatic heterocycles. The van der Waals surface area contributed by atoms with E-state index in [9.17, 15) is 19.2 Å². The number of hydrogen-bond acceptors (Lipinski definition) is 6. The molecule has 2 aliphatic rings. The highest BCUT2D eigenvalue weighted by molar-refractivity contribution is 6.30. The van der Waals surface area contributed by atoms with E-state index < -0.39 is 23.4 Å². The molecule has 1 saturated carbocycles. The number of carbonyl (C=O) groups is 4. The highest BCUT2D eigenvalue weighted by Gasteiger charge is 2.42. The normalized spacial score (nSPS) is 21.3. The average Bonchev–Trinajstić information content (AvgIpc) is 3.00. The van der Waals surface area contributed by atoms with Crippen molar-refractivity contribution in [3.8, 4) is 11.5 Å². The highest BCUT2D eigenvalue weighted by Crippen LogP contribution is 2.29. The Morgan fingerprint density at radius 3 is 2.49 bits per heavy atom. The van der Waals surface area contributed by atoms with Gasteiger partial charge in [-0.1, -0.05) is 56.8 Å². The second-order valence-corrected chi connectivity index (χ2v) is 11.9. The Morgan fingerprint density at radius 2 is 1.77 bits per heavy atom. The van der Waals surface area contributed by atoms with Gasteiger partial charge in [0.05, 0.1) is 18.2 Å². The second-order valence-electron chi connectivity index (χ2n) is 11.5. The predicted octanol–water partition coefficient (Wildman–Crippen LogP) is 3.77. The van der Waals surface area contributed by atoms with Crippen molar-refractivity contribution in [2.45, 2.75) is 76.4 Å². The van der Waals surface area contributed by atoms with E-state index in [1.807, 2.05) is 13.8 Å². The number of fused-ring (bicyclic) bond motifs is 1. The topological polar surface area (TPSA) is 135 Å². The molecule has 11 heteroatoms. The zero-order chi connectivity index (χ0) is 30.8. The molecule has 2 aromatic carbocycles. The minimum Gasteiger partial charge on any atom is -0.492 e. The Balaban J connectivity index is 1.53. The summed E-state index contributed by atoms with van der Waals surface area (Å²) in [4.78, 5) is 53.6. The Morgan fingerprint density at radius 1 is 1.05 bits per heavy atom. The van der Waals surface area contributed by atoms with E-state index in [1.54, 1.807) is 48.5 Å². The van der Waals surface area contributed by atoms with Gasteiger partial charge < -0.3 is 30.7 Å². The lowest BCUT2D eigenvalue weighted by molar-refractivity contribution is -0.136. The molecular weight excluding hydrogens is 572 g/mol. The zero-order valence-corrected chi connectivity index (χ0v) is 25.5. The van der Waals surface area contributed by atoms with Crippen molar-refractivity contribution in [3.05, 3.63) is 59.1 Å². The van der Waals surface area contributed by atoms with E-state index in [4.69, 9.17) is 21.1 Å². The van der Waals surface area contributed by atoms with Gasteiger partial charge >= 0.3 is 0 Å². The molecule has 4 rings (SSSR count). The molecule has 0 saturated heterocycles. The molecule has 232 valence electrons. The van der Waals surface area contributed by atoms with Gasteiger partial charge in [-0.3, -0.25) is 19.2 Å². The first-order valence-corrected chi connectivity index (χ1v) is 15.4. The molecule has 0 radical (unpaired) electrons. The maximum absolute atomic E-state index is 13.7. The first-order valence-electron chi connectivity index (χ1n) is 15.0. The standard InChI is InChI=1S/C32H41ClN4O6/c1-21(2)26-20-43-27-9-5-4-8-24(27)29(39)35-25(30(40)34-18-19-42-23-12-10-22(33)11-13-23)14-15-28(38)37-32(31(41)36-26)16-6-3-7-17-32/h4-5,8-13,21,25-26H,3,6-7,14-20H2,1-2H3,(H,34,40)(H,35,39)(H,36,41)(H,37,38)/t25-,26+/m0/s1. The smallest absolute Gasteiger partial charge is 0.255 e. The predicted molar refractivity (Wildman–Crippen MR) is 163 cm³/mol. The number of para-hydroxylation sites is 1. The van der Waals surface area contributed by atoms with Gasteiger partial charge in [0.1, 0.15) is 36.3 Å². The molecule has 0 bridgehead atoms. The molecule has 0 unspecified atom stereocenters. The lowest BCUT2D eigenvalue weighted by atomic mass is 9.80. The van der Waals surface area contributed by atoms with Crippen LogP contribution in [-0.4, -0.2) is 61.0 Å². The fourth-order valence-electron chi connectivity index (χ4n) is 5.34. The van der Waals surface area contributed by atoms with Gasteiger partial charge in [0.2, 0.25) is 17.7 Å². The summed E-state index contributed by atoms with van der Waals surface area (Å²) in [5, 5.41) is 12.3. The van der Waals surface area contributed by atoms with Crippen molar-refractivity contribution in [2.24, 2.45) is 5.92 Å². The lowest BCUT2D eigenvalue weighted by Crippen LogP contribution is -2.62. The Kier molecular flexibility index (Phi) is 11.3.